The van der Waals surface area contributed by atoms with E-state index in [1.807, 2.05) is 31.2 Å². The van der Waals surface area contributed by atoms with Crippen molar-refractivity contribution in [1.82, 2.24) is 0 Å². The number of nitrogens with one attached hydrogen (secondary N) is 1. The predicted molar refractivity (Wildman–Crippen MR) is 107 cm³/mol. The lowest BCUT2D eigenvalue weighted by Crippen LogP contribution is -2.15. The highest BCUT2D eigenvalue weighted by Gasteiger charge is 2.11. The topological polar surface area (TPSA) is 30.5 Å². The van der Waals surface area contributed by atoms with Crippen LogP contribution in [0.2, 0.25) is 0 Å². The summed E-state index contributed by atoms with van der Waals surface area (Å²) in [6.07, 6.45) is 0. The molecule has 3 nitrogen and oxygen atoms in total. The highest BCUT2D eigenvalue weighted by atomic mass is 127. The maximum atomic E-state index is 12.2. The highest BCUT2D eigenvalue weighted by Crippen LogP contribution is 2.27. The monoisotopic (exact) mass is 459 g/mol. The molecule has 0 saturated heterocycles. The Balaban J connectivity index is 2.20. The third-order valence-corrected chi connectivity index (χ3v) is 4.94. The van der Waals surface area contributed by atoms with Crippen LogP contribution in [0, 0.1) is 24.3 Å². The zero-order valence-corrected chi connectivity index (χ0v) is 16.8. The summed E-state index contributed by atoms with van der Waals surface area (Å²) in [5.41, 5.74) is 5.22. The summed E-state index contributed by atoms with van der Waals surface area (Å²) in [5, 5.41) is 2.91. The number of ether oxygens (including phenoxy) is 2. The largest absolute Gasteiger partial charge is 0.489 e. The zero-order chi connectivity index (χ0) is 17.7. The van der Waals surface area contributed by atoms with E-state index in [0.29, 0.717) is 6.61 Å². The van der Waals surface area contributed by atoms with Gasteiger partial charge in [0.25, 0.3) is 5.17 Å². The van der Waals surface area contributed by atoms with Crippen molar-refractivity contribution in [2.45, 2.75) is 27.4 Å². The van der Waals surface area contributed by atoms with Crippen LogP contribution in [-0.4, -0.2) is 12.0 Å². The molecule has 0 aliphatic rings. The Hall–Kier alpha value is -1.41. The van der Waals surface area contributed by atoms with E-state index in [-0.39, 0.29) is 5.17 Å². The third kappa shape index (κ3) is 4.80. The van der Waals surface area contributed by atoms with Crippen molar-refractivity contribution in [3.8, 4) is 5.75 Å². The molecule has 0 aliphatic heterocycles. The lowest BCUT2D eigenvalue weighted by molar-refractivity contribution is 0.184. The molecule has 0 fully saturated rings. The number of hydrogen-bond donors (Lipinski definition) is 1. The van der Waals surface area contributed by atoms with E-state index in [1.54, 1.807) is 0 Å². The first-order valence-corrected chi connectivity index (χ1v) is 8.89. The van der Waals surface area contributed by atoms with Gasteiger partial charge >= 0.3 is 0 Å². The van der Waals surface area contributed by atoms with Crippen LogP contribution in [-0.2, 0) is 11.3 Å². The van der Waals surface area contributed by atoms with Gasteiger partial charge in [0, 0.05) is 14.8 Å². The Morgan fingerprint density at radius 2 is 1.88 bits per heavy atom. The van der Waals surface area contributed by atoms with E-state index < -0.39 is 6.86 Å². The number of thiocarbonyl (C=S) groups is 1. The molecule has 0 bridgehead atoms. The van der Waals surface area contributed by atoms with Crippen LogP contribution < -0.4 is 10.1 Å². The van der Waals surface area contributed by atoms with E-state index in [9.17, 15) is 4.39 Å². The minimum Gasteiger partial charge on any atom is -0.489 e. The van der Waals surface area contributed by atoms with Gasteiger partial charge in [-0.1, -0.05) is 12.1 Å². The van der Waals surface area contributed by atoms with Crippen LogP contribution in [0.5, 0.6) is 5.75 Å². The Kier molecular flexibility index (Phi) is 6.79. The van der Waals surface area contributed by atoms with Gasteiger partial charge in [0.05, 0.1) is 0 Å². The van der Waals surface area contributed by atoms with Crippen LogP contribution in [0.3, 0.4) is 0 Å². The number of halogens is 2. The van der Waals surface area contributed by atoms with Crippen molar-refractivity contribution in [1.29, 1.82) is 0 Å². The molecule has 1 N–H and O–H groups in total. The van der Waals surface area contributed by atoms with Gasteiger partial charge in [-0.2, -0.15) is 0 Å². The van der Waals surface area contributed by atoms with Crippen molar-refractivity contribution in [2.24, 2.45) is 0 Å². The van der Waals surface area contributed by atoms with E-state index >= 15 is 0 Å². The van der Waals surface area contributed by atoms with Gasteiger partial charge in [-0.25, -0.2) is 4.39 Å². The quantitative estimate of drug-likeness (QED) is 0.477. The second-order valence-corrected chi connectivity index (χ2v) is 6.96. The Labute approximate surface area is 160 Å². The van der Waals surface area contributed by atoms with Crippen LogP contribution in [0.1, 0.15) is 22.3 Å². The van der Waals surface area contributed by atoms with Gasteiger partial charge in [0.2, 0.25) is 6.86 Å². The molecule has 0 spiro atoms. The average molecular weight is 459 g/mol. The number of aryl methyl sites for hydroxylation is 3. The number of alkyl halides is 1. The predicted octanol–water partition coefficient (Wildman–Crippen LogP) is 5.44. The first-order chi connectivity index (χ1) is 11.4. The lowest BCUT2D eigenvalue weighted by Gasteiger charge is -2.16. The van der Waals surface area contributed by atoms with Crippen LogP contribution >= 0.6 is 34.8 Å². The molecule has 2 aromatic rings. The fraction of sp³-hybridized carbons (Fsp3) is 0.278. The van der Waals surface area contributed by atoms with E-state index in [0.717, 1.165) is 26.1 Å². The molecule has 2 rings (SSSR count). The Bertz CT molecular complexity index is 752. The first-order valence-electron chi connectivity index (χ1n) is 7.40. The number of benzene rings is 2. The Morgan fingerprint density at radius 3 is 2.58 bits per heavy atom. The van der Waals surface area contributed by atoms with Gasteiger partial charge in [0.15, 0.2) is 0 Å². The van der Waals surface area contributed by atoms with Gasteiger partial charge in [0.1, 0.15) is 12.4 Å². The van der Waals surface area contributed by atoms with Crippen LogP contribution in [0.25, 0.3) is 0 Å². The van der Waals surface area contributed by atoms with E-state index in [4.69, 9.17) is 17.0 Å². The first kappa shape index (κ1) is 18.9. The summed E-state index contributed by atoms with van der Waals surface area (Å²) in [4.78, 5) is 0. The summed E-state index contributed by atoms with van der Waals surface area (Å²) in [7, 11) is 0. The number of rotatable bonds is 5. The molecule has 128 valence electrons. The van der Waals surface area contributed by atoms with Gasteiger partial charge in [-0.05, 0) is 90.5 Å². The van der Waals surface area contributed by atoms with Crippen LogP contribution in [0.4, 0.5) is 10.1 Å². The molecule has 2 aromatic carbocycles. The van der Waals surface area contributed by atoms with E-state index in [1.165, 1.54) is 11.1 Å². The van der Waals surface area contributed by atoms with Gasteiger partial charge < -0.3 is 14.8 Å². The zero-order valence-electron chi connectivity index (χ0n) is 13.8. The number of anilines is 1. The molecule has 0 unspecified atom stereocenters. The standard InChI is InChI=1S/C18H19FINO2S/c1-11-7-13(3)17(8-12(11)2)22-9-14-15(20)5-4-6-16(14)21-18(24)23-10-19/h4-8H,9-10H2,1-3H3,(H,21,24). The molecular weight excluding hydrogens is 440 g/mol. The fourth-order valence-electron chi connectivity index (χ4n) is 2.26. The van der Waals surface area contributed by atoms with Gasteiger partial charge in [-0.3, -0.25) is 0 Å². The van der Waals surface area contributed by atoms with Crippen molar-refractivity contribution in [3.63, 3.8) is 0 Å². The normalized spacial score (nSPS) is 10.4. The number of hydrogen-bond acceptors (Lipinski definition) is 3. The molecule has 0 radical (unpaired) electrons. The minimum atomic E-state index is -0.955. The molecule has 6 heteroatoms. The van der Waals surface area contributed by atoms with Crippen molar-refractivity contribution < 1.29 is 13.9 Å². The summed E-state index contributed by atoms with van der Waals surface area (Å²) in [6, 6.07) is 9.90. The smallest absolute Gasteiger partial charge is 0.263 e. The summed E-state index contributed by atoms with van der Waals surface area (Å²) >= 11 is 7.19. The molecule has 0 heterocycles. The highest BCUT2D eigenvalue weighted by molar-refractivity contribution is 14.1. The average Bonchev–Trinajstić information content (AvgIpc) is 2.51. The summed E-state index contributed by atoms with van der Waals surface area (Å²) in [5.74, 6) is 0.853. The summed E-state index contributed by atoms with van der Waals surface area (Å²) < 4.78 is 23.9. The SMILES string of the molecule is Cc1cc(C)c(OCc2c(I)cccc2NC(=S)OCF)cc1C. The Morgan fingerprint density at radius 1 is 1.17 bits per heavy atom. The third-order valence-electron chi connectivity index (χ3n) is 3.70. The van der Waals surface area contributed by atoms with Gasteiger partial charge in [-0.15, -0.1) is 0 Å². The molecule has 0 saturated carbocycles. The van der Waals surface area contributed by atoms with Crippen molar-refractivity contribution in [2.75, 3.05) is 12.2 Å². The molecule has 0 aliphatic carbocycles. The summed E-state index contributed by atoms with van der Waals surface area (Å²) in [6.45, 7) is 5.60. The van der Waals surface area contributed by atoms with Crippen LogP contribution in [0.15, 0.2) is 30.3 Å². The van der Waals surface area contributed by atoms with Crippen molar-refractivity contribution in [3.05, 3.63) is 56.2 Å². The van der Waals surface area contributed by atoms with E-state index in [2.05, 4.69) is 52.6 Å². The minimum absolute atomic E-state index is 0.00288. The fourth-order valence-corrected chi connectivity index (χ4v) is 3.07. The lowest BCUT2D eigenvalue weighted by atomic mass is 10.1. The second-order valence-electron chi connectivity index (χ2n) is 5.42. The maximum Gasteiger partial charge on any atom is 0.263 e. The van der Waals surface area contributed by atoms with Crippen molar-refractivity contribution >= 4 is 45.7 Å². The molecule has 0 amide bonds. The molecule has 0 atom stereocenters. The molecule has 24 heavy (non-hydrogen) atoms. The molecular formula is C18H19FINO2S. The molecule has 0 aromatic heterocycles. The second kappa shape index (κ2) is 8.62. The maximum absolute atomic E-state index is 12.2.